The molecule has 0 bridgehead atoms. The number of hydrogen-bond donors (Lipinski definition) is 1. The van der Waals surface area contributed by atoms with E-state index in [0.29, 0.717) is 19.8 Å². The second-order valence-electron chi connectivity index (χ2n) is 5.93. The van der Waals surface area contributed by atoms with Crippen LogP contribution >= 0.6 is 0 Å². The van der Waals surface area contributed by atoms with Gasteiger partial charge in [0.2, 0.25) is 5.91 Å². The van der Waals surface area contributed by atoms with E-state index in [-0.39, 0.29) is 11.8 Å². The summed E-state index contributed by atoms with van der Waals surface area (Å²) in [6, 6.07) is 3.97. The predicted octanol–water partition coefficient (Wildman–Crippen LogP) is 2.22. The Kier molecular flexibility index (Phi) is 3.42. The summed E-state index contributed by atoms with van der Waals surface area (Å²) in [4.78, 5) is 22.1. The molecule has 2 aromatic rings. The van der Waals surface area contributed by atoms with Crippen molar-refractivity contribution in [2.45, 2.75) is 12.8 Å². The van der Waals surface area contributed by atoms with Crippen molar-refractivity contribution in [3.63, 3.8) is 0 Å². The summed E-state index contributed by atoms with van der Waals surface area (Å²) in [6.07, 6.45) is 7.74. The van der Waals surface area contributed by atoms with Crippen LogP contribution in [0.3, 0.4) is 0 Å². The first kappa shape index (κ1) is 13.5. The Morgan fingerprint density at radius 2 is 2.41 bits per heavy atom. The van der Waals surface area contributed by atoms with Crippen LogP contribution in [0.5, 0.6) is 0 Å². The highest BCUT2D eigenvalue weighted by atomic mass is 16.5. The van der Waals surface area contributed by atoms with E-state index in [4.69, 9.17) is 4.74 Å². The second kappa shape index (κ2) is 5.57. The van der Waals surface area contributed by atoms with E-state index in [9.17, 15) is 4.79 Å². The zero-order valence-corrected chi connectivity index (χ0v) is 12.4. The summed E-state index contributed by atoms with van der Waals surface area (Å²) in [6.45, 7) is 2.76. The van der Waals surface area contributed by atoms with E-state index < -0.39 is 0 Å². The highest BCUT2D eigenvalue weighted by molar-refractivity contribution is 5.90. The first-order chi connectivity index (χ1) is 10.8. The number of H-pyrrole nitrogens is 1. The fraction of sp³-hybridized carbons (Fsp3) is 0.412. The van der Waals surface area contributed by atoms with E-state index in [1.807, 2.05) is 29.4 Å². The number of nitrogens with one attached hydrogen (secondary N) is 1. The minimum Gasteiger partial charge on any atom is -0.381 e. The summed E-state index contributed by atoms with van der Waals surface area (Å²) < 4.78 is 5.32. The molecule has 5 nitrogen and oxygen atoms in total. The monoisotopic (exact) mass is 297 g/mol. The van der Waals surface area contributed by atoms with Crippen LogP contribution in [0.1, 0.15) is 18.4 Å². The normalized spacial score (nSPS) is 22.1. The lowest BCUT2D eigenvalue weighted by atomic mass is 9.99. The van der Waals surface area contributed by atoms with Gasteiger partial charge in [-0.2, -0.15) is 0 Å². The van der Waals surface area contributed by atoms with Crippen molar-refractivity contribution in [1.82, 2.24) is 14.9 Å². The van der Waals surface area contributed by atoms with Gasteiger partial charge in [0.15, 0.2) is 0 Å². The number of pyridine rings is 1. The third-order valence-electron chi connectivity index (χ3n) is 4.58. The Bertz CT molecular complexity index is 728. The lowest BCUT2D eigenvalue weighted by Gasteiger charge is -2.28. The molecule has 5 heteroatoms. The lowest BCUT2D eigenvalue weighted by Crippen LogP contribution is -2.39. The maximum Gasteiger partial charge on any atom is 0.228 e. The number of fused-ring (bicyclic) bond motifs is 1. The van der Waals surface area contributed by atoms with Gasteiger partial charge in [-0.1, -0.05) is 6.08 Å². The number of rotatable bonds is 2. The summed E-state index contributed by atoms with van der Waals surface area (Å²) in [7, 11) is 0. The Hall–Kier alpha value is -2.14. The topological polar surface area (TPSA) is 58.2 Å². The molecule has 0 aromatic carbocycles. The van der Waals surface area contributed by atoms with Crippen molar-refractivity contribution in [2.24, 2.45) is 5.92 Å². The van der Waals surface area contributed by atoms with Crippen LogP contribution in [0.4, 0.5) is 0 Å². The second-order valence-corrected chi connectivity index (χ2v) is 5.93. The van der Waals surface area contributed by atoms with Crippen LogP contribution in [0.2, 0.25) is 0 Å². The number of hydrogen-bond acceptors (Lipinski definition) is 3. The molecule has 2 aliphatic rings. The van der Waals surface area contributed by atoms with Crippen molar-refractivity contribution in [3.05, 3.63) is 36.2 Å². The van der Waals surface area contributed by atoms with Crippen LogP contribution in [-0.4, -0.2) is 47.1 Å². The highest BCUT2D eigenvalue weighted by Gasteiger charge is 2.29. The van der Waals surface area contributed by atoms with Gasteiger partial charge in [0, 0.05) is 37.7 Å². The maximum absolute atomic E-state index is 12.4. The Balaban J connectivity index is 1.52. The molecule has 2 aliphatic heterocycles. The van der Waals surface area contributed by atoms with E-state index in [1.54, 1.807) is 0 Å². The smallest absolute Gasteiger partial charge is 0.228 e. The van der Waals surface area contributed by atoms with Gasteiger partial charge in [0.1, 0.15) is 0 Å². The van der Waals surface area contributed by atoms with E-state index in [1.165, 1.54) is 5.57 Å². The zero-order chi connectivity index (χ0) is 14.9. The maximum atomic E-state index is 12.4. The summed E-state index contributed by atoms with van der Waals surface area (Å²) in [5, 5.41) is 0. The number of amides is 1. The molecule has 1 unspecified atom stereocenters. The largest absolute Gasteiger partial charge is 0.381 e. The first-order valence-electron chi connectivity index (χ1n) is 7.81. The number of ether oxygens (including phenoxy) is 1. The molecule has 2 aromatic heterocycles. The van der Waals surface area contributed by atoms with Gasteiger partial charge in [-0.25, -0.2) is 0 Å². The minimum atomic E-state index is 0.0599. The molecule has 114 valence electrons. The number of carbonyl (C=O) groups excluding carboxylic acids is 1. The molecule has 1 amide bonds. The van der Waals surface area contributed by atoms with Crippen LogP contribution in [0.25, 0.3) is 16.6 Å². The summed E-state index contributed by atoms with van der Waals surface area (Å²) >= 11 is 0. The number of aromatic nitrogens is 2. The van der Waals surface area contributed by atoms with Gasteiger partial charge in [-0.15, -0.1) is 0 Å². The average molecular weight is 297 g/mol. The highest BCUT2D eigenvalue weighted by Crippen LogP contribution is 2.28. The molecule has 1 saturated heterocycles. The number of carbonyl (C=O) groups is 1. The molecule has 1 atom stereocenters. The fourth-order valence-corrected chi connectivity index (χ4v) is 3.30. The van der Waals surface area contributed by atoms with Crippen molar-refractivity contribution >= 4 is 22.5 Å². The molecule has 22 heavy (non-hydrogen) atoms. The molecule has 1 N–H and O–H groups in total. The molecular formula is C17H19N3O2. The molecule has 0 spiro atoms. The quantitative estimate of drug-likeness (QED) is 0.924. The van der Waals surface area contributed by atoms with Gasteiger partial charge in [0.25, 0.3) is 0 Å². The molecule has 0 radical (unpaired) electrons. The lowest BCUT2D eigenvalue weighted by molar-refractivity contribution is -0.135. The van der Waals surface area contributed by atoms with E-state index in [2.05, 4.69) is 16.0 Å². The Morgan fingerprint density at radius 3 is 3.18 bits per heavy atom. The van der Waals surface area contributed by atoms with Crippen molar-refractivity contribution < 1.29 is 9.53 Å². The average Bonchev–Trinajstić information content (AvgIpc) is 3.24. The van der Waals surface area contributed by atoms with Gasteiger partial charge in [-0.3, -0.25) is 9.78 Å². The van der Waals surface area contributed by atoms with Crippen molar-refractivity contribution in [2.75, 3.05) is 26.3 Å². The van der Waals surface area contributed by atoms with Crippen LogP contribution < -0.4 is 0 Å². The van der Waals surface area contributed by atoms with Crippen LogP contribution in [-0.2, 0) is 9.53 Å². The number of nitrogens with zero attached hydrogens (tertiary/aromatic N) is 2. The minimum absolute atomic E-state index is 0.0599. The van der Waals surface area contributed by atoms with Crippen LogP contribution in [0.15, 0.2) is 30.6 Å². The standard InChI is InChI=1S/C17H19N3O2/c21-17(13-5-9-22-11-13)20-7-3-12(4-8-20)14-10-19-15-2-1-6-18-16(14)15/h1-3,6,10,13,19H,4-5,7-9,11H2. The van der Waals surface area contributed by atoms with Gasteiger partial charge < -0.3 is 14.6 Å². The van der Waals surface area contributed by atoms with Crippen molar-refractivity contribution in [1.29, 1.82) is 0 Å². The number of aromatic amines is 1. The zero-order valence-electron chi connectivity index (χ0n) is 12.4. The molecule has 0 saturated carbocycles. The summed E-state index contributed by atoms with van der Waals surface area (Å²) in [5.74, 6) is 0.301. The molecular weight excluding hydrogens is 278 g/mol. The third kappa shape index (κ3) is 2.31. The first-order valence-corrected chi connectivity index (χ1v) is 7.81. The SMILES string of the molecule is O=C(C1CCOC1)N1CC=C(c2c[nH]c3cccnc23)CC1. The predicted molar refractivity (Wildman–Crippen MR) is 84.2 cm³/mol. The molecule has 1 fully saturated rings. The van der Waals surface area contributed by atoms with Gasteiger partial charge >= 0.3 is 0 Å². The van der Waals surface area contributed by atoms with E-state index >= 15 is 0 Å². The van der Waals surface area contributed by atoms with Gasteiger partial charge in [0.05, 0.1) is 23.6 Å². The van der Waals surface area contributed by atoms with Crippen LogP contribution in [0, 0.1) is 5.92 Å². The fourth-order valence-electron chi connectivity index (χ4n) is 3.30. The third-order valence-corrected chi connectivity index (χ3v) is 4.58. The molecule has 0 aliphatic carbocycles. The van der Waals surface area contributed by atoms with Gasteiger partial charge in [-0.05, 0) is 30.5 Å². The molecule has 4 rings (SSSR count). The summed E-state index contributed by atoms with van der Waals surface area (Å²) in [5.41, 5.74) is 4.50. The van der Waals surface area contributed by atoms with Crippen molar-refractivity contribution in [3.8, 4) is 0 Å². The Labute approximate surface area is 129 Å². The molecule has 4 heterocycles. The van der Waals surface area contributed by atoms with E-state index in [0.717, 1.165) is 36.0 Å². The Morgan fingerprint density at radius 1 is 1.45 bits per heavy atom.